The van der Waals surface area contributed by atoms with E-state index >= 15 is 0 Å². The molecule has 0 radical (unpaired) electrons. The standard InChI is InChI=1S/C6H2Cl3F4N3/c7-6(8,9)5-15-3(1(10)11)14-4(16-5)2(12)13/h1-2H. The van der Waals surface area contributed by atoms with Gasteiger partial charge in [-0.25, -0.2) is 32.5 Å². The highest BCUT2D eigenvalue weighted by Crippen LogP contribution is 2.36. The molecule has 0 aliphatic carbocycles. The van der Waals surface area contributed by atoms with Crippen LogP contribution in [0, 0.1) is 0 Å². The minimum Gasteiger partial charge on any atom is -0.207 e. The Kier molecular flexibility index (Phi) is 4.14. The fourth-order valence-electron chi connectivity index (χ4n) is 0.731. The van der Waals surface area contributed by atoms with Gasteiger partial charge >= 0.3 is 0 Å². The van der Waals surface area contributed by atoms with E-state index in [1.807, 2.05) is 0 Å². The molecule has 0 bridgehead atoms. The quantitative estimate of drug-likeness (QED) is 0.619. The molecule has 1 aromatic rings. The Hall–Kier alpha value is -0.400. The maximum absolute atomic E-state index is 12.3. The van der Waals surface area contributed by atoms with Crippen LogP contribution in [0.3, 0.4) is 0 Å². The summed E-state index contributed by atoms with van der Waals surface area (Å²) in [5, 5.41) is 0. The Labute approximate surface area is 102 Å². The highest BCUT2D eigenvalue weighted by Gasteiger charge is 2.31. The van der Waals surface area contributed by atoms with E-state index in [1.54, 1.807) is 0 Å². The molecule has 0 unspecified atom stereocenters. The Morgan fingerprint density at radius 1 is 0.812 bits per heavy atom. The molecule has 1 heterocycles. The van der Waals surface area contributed by atoms with Crippen molar-refractivity contribution >= 4 is 34.8 Å². The van der Waals surface area contributed by atoms with E-state index in [0.29, 0.717) is 0 Å². The Morgan fingerprint density at radius 2 is 1.19 bits per heavy atom. The molecule has 90 valence electrons. The average Bonchev–Trinajstić information content (AvgIpc) is 2.15. The lowest BCUT2D eigenvalue weighted by atomic mass is 10.5. The highest BCUT2D eigenvalue weighted by molar-refractivity contribution is 6.66. The van der Waals surface area contributed by atoms with Crippen LogP contribution in [-0.4, -0.2) is 15.0 Å². The lowest BCUT2D eigenvalue weighted by molar-refractivity contribution is 0.124. The summed E-state index contributed by atoms with van der Waals surface area (Å²) in [6.07, 6.45) is -6.32. The molecule has 0 saturated heterocycles. The van der Waals surface area contributed by atoms with Crippen LogP contribution in [0.1, 0.15) is 30.3 Å². The van der Waals surface area contributed by atoms with Gasteiger partial charge in [0.15, 0.2) is 17.5 Å². The first-order valence-electron chi connectivity index (χ1n) is 3.61. The molecule has 0 aromatic carbocycles. The predicted molar refractivity (Wildman–Crippen MR) is 49.0 cm³/mol. The van der Waals surface area contributed by atoms with Crippen LogP contribution in [0.25, 0.3) is 0 Å². The molecular weight excluding hydrogens is 296 g/mol. The third-order valence-corrected chi connectivity index (χ3v) is 1.82. The second-order valence-corrected chi connectivity index (χ2v) is 4.76. The molecule has 16 heavy (non-hydrogen) atoms. The molecule has 0 saturated carbocycles. The van der Waals surface area contributed by atoms with E-state index in [-0.39, 0.29) is 0 Å². The first-order chi connectivity index (χ1) is 7.21. The summed E-state index contributed by atoms with van der Waals surface area (Å²) in [6, 6.07) is 0. The SMILES string of the molecule is FC(F)c1nc(C(F)F)nc(C(Cl)(Cl)Cl)n1. The van der Waals surface area contributed by atoms with E-state index < -0.39 is 34.1 Å². The molecule has 0 N–H and O–H groups in total. The number of rotatable bonds is 2. The van der Waals surface area contributed by atoms with Crippen LogP contribution < -0.4 is 0 Å². The monoisotopic (exact) mass is 297 g/mol. The second-order valence-electron chi connectivity index (χ2n) is 2.47. The molecule has 0 aliphatic rings. The number of hydrogen-bond donors (Lipinski definition) is 0. The number of hydrogen-bond acceptors (Lipinski definition) is 3. The second kappa shape index (κ2) is 4.85. The molecule has 0 amide bonds. The van der Waals surface area contributed by atoms with Crippen LogP contribution in [0.5, 0.6) is 0 Å². The molecule has 1 rings (SSSR count). The topological polar surface area (TPSA) is 38.7 Å². The van der Waals surface area contributed by atoms with Gasteiger partial charge in [-0.15, -0.1) is 0 Å². The van der Waals surface area contributed by atoms with Crippen molar-refractivity contribution in [3.8, 4) is 0 Å². The Bertz CT molecular complexity index is 356. The zero-order chi connectivity index (χ0) is 12.5. The van der Waals surface area contributed by atoms with E-state index in [2.05, 4.69) is 15.0 Å². The van der Waals surface area contributed by atoms with Crippen molar-refractivity contribution in [2.45, 2.75) is 16.6 Å². The third kappa shape index (κ3) is 3.29. The van der Waals surface area contributed by atoms with Crippen molar-refractivity contribution in [1.82, 2.24) is 15.0 Å². The number of halogens is 7. The van der Waals surface area contributed by atoms with Gasteiger partial charge in [-0.2, -0.15) is 0 Å². The van der Waals surface area contributed by atoms with E-state index in [4.69, 9.17) is 34.8 Å². The molecule has 0 atom stereocenters. The third-order valence-electron chi connectivity index (χ3n) is 1.31. The molecule has 10 heteroatoms. The Balaban J connectivity index is 3.30. The van der Waals surface area contributed by atoms with E-state index in [0.717, 1.165) is 0 Å². The van der Waals surface area contributed by atoms with Crippen molar-refractivity contribution in [3.63, 3.8) is 0 Å². The number of alkyl halides is 7. The zero-order valence-electron chi connectivity index (χ0n) is 7.14. The summed E-state index contributed by atoms with van der Waals surface area (Å²) in [7, 11) is 0. The molecule has 0 spiro atoms. The van der Waals surface area contributed by atoms with Crippen LogP contribution in [0.4, 0.5) is 17.6 Å². The van der Waals surface area contributed by atoms with Gasteiger partial charge in [-0.1, -0.05) is 34.8 Å². The van der Waals surface area contributed by atoms with Gasteiger partial charge in [-0.05, 0) is 0 Å². The number of nitrogens with zero attached hydrogens (tertiary/aromatic N) is 3. The first-order valence-corrected chi connectivity index (χ1v) is 4.74. The van der Waals surface area contributed by atoms with Crippen LogP contribution in [-0.2, 0) is 3.79 Å². The maximum atomic E-state index is 12.3. The van der Waals surface area contributed by atoms with Gasteiger partial charge in [0.2, 0.25) is 3.79 Å². The van der Waals surface area contributed by atoms with Crippen LogP contribution in [0.2, 0.25) is 0 Å². The van der Waals surface area contributed by atoms with E-state index in [1.165, 1.54) is 0 Å². The van der Waals surface area contributed by atoms with Gasteiger partial charge in [-0.3, -0.25) is 0 Å². The molecule has 0 fully saturated rings. The van der Waals surface area contributed by atoms with Crippen molar-refractivity contribution in [3.05, 3.63) is 17.5 Å². The maximum Gasteiger partial charge on any atom is 0.297 e. The summed E-state index contributed by atoms with van der Waals surface area (Å²) < 4.78 is 46.7. The minimum atomic E-state index is -3.16. The van der Waals surface area contributed by atoms with Gasteiger partial charge in [0.25, 0.3) is 12.9 Å². The lowest BCUT2D eigenvalue weighted by Gasteiger charge is -2.11. The van der Waals surface area contributed by atoms with Gasteiger partial charge < -0.3 is 0 Å². The summed E-state index contributed by atoms with van der Waals surface area (Å²) in [5.41, 5.74) is 0. The summed E-state index contributed by atoms with van der Waals surface area (Å²) in [5.74, 6) is -3.09. The first kappa shape index (κ1) is 13.7. The highest BCUT2D eigenvalue weighted by atomic mass is 35.6. The van der Waals surface area contributed by atoms with Crippen molar-refractivity contribution in [1.29, 1.82) is 0 Å². The van der Waals surface area contributed by atoms with Crippen molar-refractivity contribution in [2.75, 3.05) is 0 Å². The van der Waals surface area contributed by atoms with Crippen molar-refractivity contribution < 1.29 is 17.6 Å². The smallest absolute Gasteiger partial charge is 0.207 e. The predicted octanol–water partition coefficient (Wildman–Crippen LogP) is 3.57. The van der Waals surface area contributed by atoms with Crippen LogP contribution >= 0.6 is 34.8 Å². The molecule has 1 aromatic heterocycles. The lowest BCUT2D eigenvalue weighted by Crippen LogP contribution is -2.14. The Morgan fingerprint density at radius 3 is 1.44 bits per heavy atom. The fourth-order valence-corrected chi connectivity index (χ4v) is 0.985. The largest absolute Gasteiger partial charge is 0.297 e. The minimum absolute atomic E-state index is 0.766. The van der Waals surface area contributed by atoms with Gasteiger partial charge in [0.05, 0.1) is 0 Å². The van der Waals surface area contributed by atoms with Crippen molar-refractivity contribution in [2.24, 2.45) is 0 Å². The normalized spacial score (nSPS) is 12.6. The zero-order valence-corrected chi connectivity index (χ0v) is 9.41. The number of aromatic nitrogens is 3. The molecular formula is C6H2Cl3F4N3. The van der Waals surface area contributed by atoms with Crippen LogP contribution in [0.15, 0.2) is 0 Å². The molecule has 3 nitrogen and oxygen atoms in total. The summed E-state index contributed by atoms with van der Waals surface area (Å²) in [4.78, 5) is 9.02. The average molecular weight is 298 g/mol. The van der Waals surface area contributed by atoms with Gasteiger partial charge in [0, 0.05) is 0 Å². The molecule has 0 aliphatic heterocycles. The fraction of sp³-hybridized carbons (Fsp3) is 0.500. The summed E-state index contributed by atoms with van der Waals surface area (Å²) >= 11 is 15.9. The van der Waals surface area contributed by atoms with E-state index in [9.17, 15) is 17.6 Å². The summed E-state index contributed by atoms with van der Waals surface area (Å²) in [6.45, 7) is 0. The van der Waals surface area contributed by atoms with Gasteiger partial charge in [0.1, 0.15) is 0 Å².